The van der Waals surface area contributed by atoms with E-state index in [1.807, 2.05) is 11.3 Å². The van der Waals surface area contributed by atoms with Crippen molar-refractivity contribution in [2.75, 3.05) is 4.90 Å². The highest BCUT2D eigenvalue weighted by atomic mass is 32.1. The van der Waals surface area contributed by atoms with E-state index in [-0.39, 0.29) is 5.41 Å². The lowest BCUT2D eigenvalue weighted by Gasteiger charge is -2.30. The van der Waals surface area contributed by atoms with Crippen LogP contribution in [0.25, 0.3) is 64.0 Å². The molecule has 0 bridgehead atoms. The Morgan fingerprint density at radius 3 is 2.00 bits per heavy atom. The second-order valence-electron chi connectivity index (χ2n) is 13.7. The molecule has 0 N–H and O–H groups in total. The van der Waals surface area contributed by atoms with E-state index < -0.39 is 0 Å². The van der Waals surface area contributed by atoms with Crippen LogP contribution in [-0.2, 0) is 5.41 Å². The minimum Gasteiger partial charge on any atom is -0.309 e. The van der Waals surface area contributed by atoms with E-state index in [1.165, 1.54) is 80.8 Å². The van der Waals surface area contributed by atoms with Crippen molar-refractivity contribution < 1.29 is 0 Å². The SMILES string of the molecule is CC1(C)c2ccccc2-c2c(-c3ccccc3N(c3ccc4sc5ccccc5c4c3)c3cccc4c3ccc3ccccc34)cccc21. The van der Waals surface area contributed by atoms with Gasteiger partial charge in [-0.2, -0.15) is 0 Å². The van der Waals surface area contributed by atoms with Crippen molar-refractivity contribution >= 4 is 70.1 Å². The fourth-order valence-corrected chi connectivity index (χ4v) is 9.44. The van der Waals surface area contributed by atoms with Gasteiger partial charge in [0.05, 0.1) is 11.4 Å². The summed E-state index contributed by atoms with van der Waals surface area (Å²) in [6, 6.07) is 60.7. The van der Waals surface area contributed by atoms with E-state index in [9.17, 15) is 0 Å². The third kappa shape index (κ3) is 4.17. The predicted octanol–water partition coefficient (Wildman–Crippen LogP) is 13.8. The average Bonchev–Trinajstić information content (AvgIpc) is 3.64. The lowest BCUT2D eigenvalue weighted by atomic mass is 9.82. The van der Waals surface area contributed by atoms with Gasteiger partial charge in [-0.25, -0.2) is 0 Å². The highest BCUT2D eigenvalue weighted by Gasteiger charge is 2.37. The van der Waals surface area contributed by atoms with E-state index in [2.05, 4.69) is 183 Å². The second-order valence-corrected chi connectivity index (χ2v) is 14.8. The zero-order valence-corrected chi connectivity index (χ0v) is 28.3. The molecule has 1 aliphatic carbocycles. The highest BCUT2D eigenvalue weighted by molar-refractivity contribution is 7.25. The fraction of sp³-hybridized carbons (Fsp3) is 0.0638. The summed E-state index contributed by atoms with van der Waals surface area (Å²) >= 11 is 1.87. The van der Waals surface area contributed by atoms with Crippen molar-refractivity contribution in [3.05, 3.63) is 175 Å². The molecule has 0 radical (unpaired) electrons. The number of hydrogen-bond donors (Lipinski definition) is 0. The molecule has 1 aromatic heterocycles. The maximum Gasteiger partial charge on any atom is 0.0540 e. The second kappa shape index (κ2) is 10.7. The molecule has 2 heteroatoms. The van der Waals surface area contributed by atoms with Crippen molar-refractivity contribution in [2.45, 2.75) is 19.3 Å². The number of nitrogens with zero attached hydrogens (tertiary/aromatic N) is 1. The maximum absolute atomic E-state index is 2.50. The molecule has 0 aliphatic heterocycles. The Morgan fingerprint density at radius 2 is 1.08 bits per heavy atom. The summed E-state index contributed by atoms with van der Waals surface area (Å²) in [4.78, 5) is 2.50. The van der Waals surface area contributed by atoms with Gasteiger partial charge in [-0.1, -0.05) is 141 Å². The Labute approximate surface area is 290 Å². The lowest BCUT2D eigenvalue weighted by Crippen LogP contribution is -2.15. The zero-order valence-electron chi connectivity index (χ0n) is 27.4. The number of fused-ring (bicyclic) bond motifs is 9. The molecule has 0 atom stereocenters. The van der Waals surface area contributed by atoms with Crippen LogP contribution in [0.2, 0.25) is 0 Å². The van der Waals surface area contributed by atoms with E-state index >= 15 is 0 Å². The largest absolute Gasteiger partial charge is 0.309 e. The summed E-state index contributed by atoms with van der Waals surface area (Å²) in [7, 11) is 0. The van der Waals surface area contributed by atoms with Crippen LogP contribution >= 0.6 is 11.3 Å². The van der Waals surface area contributed by atoms with Crippen molar-refractivity contribution in [3.8, 4) is 22.3 Å². The number of rotatable bonds is 4. The summed E-state index contributed by atoms with van der Waals surface area (Å²) in [6.45, 7) is 4.72. The van der Waals surface area contributed by atoms with Crippen molar-refractivity contribution in [2.24, 2.45) is 0 Å². The van der Waals surface area contributed by atoms with Gasteiger partial charge in [0.15, 0.2) is 0 Å². The van der Waals surface area contributed by atoms with Gasteiger partial charge in [0.25, 0.3) is 0 Å². The first-order valence-corrected chi connectivity index (χ1v) is 17.8. The molecule has 0 saturated heterocycles. The fourth-order valence-electron chi connectivity index (χ4n) is 8.36. The molecular formula is C47H33NS. The average molecular weight is 644 g/mol. The van der Waals surface area contributed by atoms with Crippen molar-refractivity contribution in [1.29, 1.82) is 0 Å². The number of para-hydroxylation sites is 1. The first-order valence-electron chi connectivity index (χ1n) is 17.0. The summed E-state index contributed by atoms with van der Waals surface area (Å²) < 4.78 is 2.63. The standard InChI is InChI=1S/C47H33NS/c1-47(2)40-20-8-5-17-38(40)46-37(19-11-21-41(46)47)34-15-6-9-22-42(34)48(31-26-28-45-39(29-31)36-16-7-10-24-44(36)49-45)43-23-12-18-33-32-14-4-3-13-30(32)25-27-35(33)43/h3-29H,1-2H3. The third-order valence-corrected chi connectivity index (χ3v) is 11.8. The molecule has 49 heavy (non-hydrogen) atoms. The Hall–Kier alpha value is -5.70. The monoisotopic (exact) mass is 643 g/mol. The number of benzene rings is 8. The molecular weight excluding hydrogens is 611 g/mol. The van der Waals surface area contributed by atoms with Crippen LogP contribution in [0.3, 0.4) is 0 Å². The summed E-state index contributed by atoms with van der Waals surface area (Å²) in [5, 5.41) is 7.62. The molecule has 1 aliphatic rings. The van der Waals surface area contributed by atoms with Gasteiger partial charge in [0.2, 0.25) is 0 Å². The number of thiophene rings is 1. The topological polar surface area (TPSA) is 3.24 Å². The Kier molecular flexibility index (Phi) is 6.16. The van der Waals surface area contributed by atoms with E-state index in [4.69, 9.17) is 0 Å². The molecule has 8 aromatic carbocycles. The van der Waals surface area contributed by atoms with Gasteiger partial charge in [-0.3, -0.25) is 0 Å². The normalized spacial score (nSPS) is 13.3. The molecule has 1 nitrogen and oxygen atoms in total. The predicted molar refractivity (Wildman–Crippen MR) is 212 cm³/mol. The van der Waals surface area contributed by atoms with Crippen LogP contribution in [0.15, 0.2) is 164 Å². The molecule has 10 rings (SSSR count). The van der Waals surface area contributed by atoms with Crippen LogP contribution in [0.1, 0.15) is 25.0 Å². The molecule has 0 fully saturated rings. The van der Waals surface area contributed by atoms with Crippen LogP contribution in [-0.4, -0.2) is 0 Å². The first-order chi connectivity index (χ1) is 24.1. The Morgan fingerprint density at radius 1 is 0.429 bits per heavy atom. The smallest absolute Gasteiger partial charge is 0.0540 e. The molecule has 0 spiro atoms. The summed E-state index contributed by atoms with van der Waals surface area (Å²) in [5.74, 6) is 0. The van der Waals surface area contributed by atoms with Gasteiger partial charge in [0, 0.05) is 42.2 Å². The third-order valence-electron chi connectivity index (χ3n) is 10.7. The minimum absolute atomic E-state index is 0.0711. The highest BCUT2D eigenvalue weighted by Crippen LogP contribution is 2.54. The molecule has 0 saturated carbocycles. The quantitative estimate of drug-likeness (QED) is 0.173. The molecule has 1 heterocycles. The van der Waals surface area contributed by atoms with Crippen LogP contribution < -0.4 is 4.90 Å². The molecule has 0 unspecified atom stereocenters. The van der Waals surface area contributed by atoms with Gasteiger partial charge < -0.3 is 4.90 Å². The lowest BCUT2D eigenvalue weighted by molar-refractivity contribution is 0.660. The molecule has 232 valence electrons. The Balaban J connectivity index is 1.28. The molecule has 0 amide bonds. The maximum atomic E-state index is 2.50. The van der Waals surface area contributed by atoms with E-state index in [1.54, 1.807) is 0 Å². The zero-order chi connectivity index (χ0) is 32.7. The summed E-state index contributed by atoms with van der Waals surface area (Å²) in [5.41, 5.74) is 11.4. The molecule has 9 aromatic rings. The van der Waals surface area contributed by atoms with E-state index in [0.717, 1.165) is 11.4 Å². The van der Waals surface area contributed by atoms with Gasteiger partial charge in [-0.05, 0) is 80.4 Å². The van der Waals surface area contributed by atoms with Crippen LogP contribution in [0, 0.1) is 0 Å². The number of hydrogen-bond acceptors (Lipinski definition) is 2. The van der Waals surface area contributed by atoms with Gasteiger partial charge in [-0.15, -0.1) is 11.3 Å². The van der Waals surface area contributed by atoms with Gasteiger partial charge >= 0.3 is 0 Å². The van der Waals surface area contributed by atoms with Crippen molar-refractivity contribution in [1.82, 2.24) is 0 Å². The first kappa shape index (κ1) is 28.3. The minimum atomic E-state index is -0.0711. The van der Waals surface area contributed by atoms with E-state index in [0.29, 0.717) is 0 Å². The van der Waals surface area contributed by atoms with Crippen molar-refractivity contribution in [3.63, 3.8) is 0 Å². The Bertz CT molecular complexity index is 2770. The number of anilines is 3. The van der Waals surface area contributed by atoms with Crippen LogP contribution in [0.4, 0.5) is 17.1 Å². The van der Waals surface area contributed by atoms with Crippen LogP contribution in [0.5, 0.6) is 0 Å². The van der Waals surface area contributed by atoms with Gasteiger partial charge in [0.1, 0.15) is 0 Å². The summed E-state index contributed by atoms with van der Waals surface area (Å²) in [6.07, 6.45) is 0.